The number of hydrogen-bond donors (Lipinski definition) is 2. The largest absolute Gasteiger partial charge is 0.497 e. The number of primary amides is 1. The molecule has 1 aromatic carbocycles. The number of nitrogens with zero attached hydrogens (tertiary/aromatic N) is 1. The van der Waals surface area contributed by atoms with Crippen molar-refractivity contribution in [2.24, 2.45) is 11.7 Å². The Bertz CT molecular complexity index is 1040. The van der Waals surface area contributed by atoms with Crippen LogP contribution in [0.3, 0.4) is 0 Å². The van der Waals surface area contributed by atoms with Crippen molar-refractivity contribution in [1.29, 1.82) is 0 Å². The summed E-state index contributed by atoms with van der Waals surface area (Å²) in [5, 5.41) is 3.28. The van der Waals surface area contributed by atoms with E-state index in [0.717, 1.165) is 0 Å². The number of amides is 3. The molecule has 1 aliphatic heterocycles. The van der Waals surface area contributed by atoms with Gasteiger partial charge in [0.2, 0.25) is 17.7 Å². The molecule has 2 heterocycles. The maximum atomic E-state index is 12.4. The summed E-state index contributed by atoms with van der Waals surface area (Å²) in [7, 11) is 1.52. The van der Waals surface area contributed by atoms with Gasteiger partial charge in [0.15, 0.2) is 0 Å². The Morgan fingerprint density at radius 2 is 1.97 bits per heavy atom. The highest BCUT2D eigenvalue weighted by Gasteiger charge is 2.26. The van der Waals surface area contributed by atoms with Crippen molar-refractivity contribution in [3.05, 3.63) is 39.7 Å². The van der Waals surface area contributed by atoms with E-state index in [0.29, 0.717) is 48.2 Å². The summed E-state index contributed by atoms with van der Waals surface area (Å²) in [5.41, 5.74) is 5.99. The number of carbonyl (C=O) groups excluding carboxylic acids is 3. The number of likely N-dealkylation sites (tertiary alicyclic amines) is 1. The summed E-state index contributed by atoms with van der Waals surface area (Å²) < 4.78 is 10.5. The number of nitrogens with one attached hydrogen (secondary N) is 1. The molecular weight excluding hydrogens is 390 g/mol. The molecule has 0 saturated carbocycles. The molecular formula is C21H25N3O6. The van der Waals surface area contributed by atoms with E-state index >= 15 is 0 Å². The standard InChI is InChI=1S/C21H25N3O6/c1-12-15-4-3-14(29-2)9-17(15)30-21(28)16(12)10-18(25)23-11-19(26)24-7-5-13(6-8-24)20(22)27/h3-4,9,13H,5-8,10-11H2,1-2H3,(H2,22,27)(H,23,25). The number of aryl methyl sites for hydroxylation is 1. The fraction of sp³-hybridized carbons (Fsp3) is 0.429. The fourth-order valence-electron chi connectivity index (χ4n) is 3.63. The summed E-state index contributed by atoms with van der Waals surface area (Å²) in [6.07, 6.45) is 0.863. The van der Waals surface area contributed by atoms with Gasteiger partial charge in [-0.05, 0) is 37.5 Å². The highest BCUT2D eigenvalue weighted by atomic mass is 16.5. The third-order valence-corrected chi connectivity index (χ3v) is 5.52. The van der Waals surface area contributed by atoms with Gasteiger partial charge in [-0.25, -0.2) is 4.79 Å². The van der Waals surface area contributed by atoms with Gasteiger partial charge < -0.3 is 25.1 Å². The number of benzene rings is 1. The minimum Gasteiger partial charge on any atom is -0.497 e. The summed E-state index contributed by atoms with van der Waals surface area (Å²) >= 11 is 0. The highest BCUT2D eigenvalue weighted by molar-refractivity contribution is 5.88. The predicted octanol–water partition coefficient (Wildman–Crippen LogP) is 0.493. The molecule has 0 radical (unpaired) electrons. The van der Waals surface area contributed by atoms with Crippen molar-refractivity contribution in [3.8, 4) is 5.75 Å². The van der Waals surface area contributed by atoms with Gasteiger partial charge in [0.05, 0.1) is 25.6 Å². The number of carbonyl (C=O) groups is 3. The van der Waals surface area contributed by atoms with Crippen LogP contribution in [0.1, 0.15) is 24.0 Å². The third-order valence-electron chi connectivity index (χ3n) is 5.52. The first kappa shape index (κ1) is 21.4. The molecule has 3 N–H and O–H groups in total. The number of ether oxygens (including phenoxy) is 1. The molecule has 9 heteroatoms. The van der Waals surface area contributed by atoms with Gasteiger partial charge in [0.1, 0.15) is 11.3 Å². The summed E-state index contributed by atoms with van der Waals surface area (Å²) in [6.45, 7) is 2.44. The molecule has 0 bridgehead atoms. The first-order valence-electron chi connectivity index (χ1n) is 9.74. The summed E-state index contributed by atoms with van der Waals surface area (Å²) in [6, 6.07) is 5.14. The quantitative estimate of drug-likeness (QED) is 0.660. The number of hydrogen-bond acceptors (Lipinski definition) is 6. The van der Waals surface area contributed by atoms with Crippen LogP contribution >= 0.6 is 0 Å². The molecule has 1 aromatic heterocycles. The van der Waals surface area contributed by atoms with E-state index < -0.39 is 11.5 Å². The van der Waals surface area contributed by atoms with Gasteiger partial charge in [0, 0.05) is 30.5 Å². The normalized spacial score (nSPS) is 14.5. The molecule has 3 amide bonds. The van der Waals surface area contributed by atoms with E-state index in [-0.39, 0.29) is 36.3 Å². The Kier molecular flexibility index (Phi) is 6.39. The lowest BCUT2D eigenvalue weighted by atomic mass is 9.96. The van der Waals surface area contributed by atoms with Crippen molar-refractivity contribution in [2.45, 2.75) is 26.2 Å². The van der Waals surface area contributed by atoms with E-state index in [9.17, 15) is 19.2 Å². The molecule has 160 valence electrons. The highest BCUT2D eigenvalue weighted by Crippen LogP contribution is 2.24. The zero-order valence-electron chi connectivity index (χ0n) is 17.0. The molecule has 30 heavy (non-hydrogen) atoms. The number of fused-ring (bicyclic) bond motifs is 1. The molecule has 1 fully saturated rings. The van der Waals surface area contributed by atoms with Gasteiger partial charge in [-0.15, -0.1) is 0 Å². The van der Waals surface area contributed by atoms with Crippen molar-refractivity contribution < 1.29 is 23.5 Å². The average molecular weight is 415 g/mol. The second-order valence-corrected chi connectivity index (χ2v) is 7.37. The van der Waals surface area contributed by atoms with Crippen LogP contribution in [0.2, 0.25) is 0 Å². The molecule has 0 spiro atoms. The lowest BCUT2D eigenvalue weighted by molar-refractivity contribution is -0.135. The summed E-state index contributed by atoms with van der Waals surface area (Å²) in [4.78, 5) is 49.8. The second-order valence-electron chi connectivity index (χ2n) is 7.37. The number of rotatable bonds is 6. The topological polar surface area (TPSA) is 132 Å². The maximum absolute atomic E-state index is 12.4. The summed E-state index contributed by atoms with van der Waals surface area (Å²) in [5.74, 6) is -0.676. The lowest BCUT2D eigenvalue weighted by Crippen LogP contribution is -2.46. The van der Waals surface area contributed by atoms with Crippen LogP contribution in [-0.4, -0.2) is 49.4 Å². The van der Waals surface area contributed by atoms with Gasteiger partial charge in [-0.1, -0.05) is 0 Å². The molecule has 0 aliphatic carbocycles. The second kappa shape index (κ2) is 8.98. The molecule has 1 saturated heterocycles. The zero-order valence-corrected chi connectivity index (χ0v) is 17.0. The first-order chi connectivity index (χ1) is 14.3. The Hall–Kier alpha value is -3.36. The van der Waals surface area contributed by atoms with Gasteiger partial charge in [0.25, 0.3) is 0 Å². The number of methoxy groups -OCH3 is 1. The number of piperidine rings is 1. The van der Waals surface area contributed by atoms with Gasteiger partial charge in [-0.3, -0.25) is 14.4 Å². The van der Waals surface area contributed by atoms with Crippen molar-refractivity contribution in [2.75, 3.05) is 26.7 Å². The molecule has 0 unspecified atom stereocenters. The third kappa shape index (κ3) is 4.61. The molecule has 1 aliphatic rings. The van der Waals surface area contributed by atoms with E-state index in [1.165, 1.54) is 7.11 Å². The predicted molar refractivity (Wildman–Crippen MR) is 109 cm³/mol. The lowest BCUT2D eigenvalue weighted by Gasteiger charge is -2.30. The van der Waals surface area contributed by atoms with E-state index in [4.69, 9.17) is 14.9 Å². The zero-order chi connectivity index (χ0) is 21.8. The van der Waals surface area contributed by atoms with Crippen LogP contribution in [-0.2, 0) is 20.8 Å². The Labute approximate surface area is 173 Å². The van der Waals surface area contributed by atoms with E-state index in [2.05, 4.69) is 5.32 Å². The fourth-order valence-corrected chi connectivity index (χ4v) is 3.63. The van der Waals surface area contributed by atoms with Crippen LogP contribution in [0, 0.1) is 12.8 Å². The average Bonchev–Trinajstić information content (AvgIpc) is 2.74. The minimum absolute atomic E-state index is 0.171. The molecule has 2 aromatic rings. The van der Waals surface area contributed by atoms with Crippen LogP contribution < -0.4 is 21.4 Å². The van der Waals surface area contributed by atoms with E-state index in [1.54, 1.807) is 30.0 Å². The van der Waals surface area contributed by atoms with Crippen molar-refractivity contribution in [3.63, 3.8) is 0 Å². The minimum atomic E-state index is -0.594. The van der Waals surface area contributed by atoms with Crippen molar-refractivity contribution in [1.82, 2.24) is 10.2 Å². The SMILES string of the molecule is COc1ccc2c(C)c(CC(=O)NCC(=O)N3CCC(C(N)=O)CC3)c(=O)oc2c1. The van der Waals surface area contributed by atoms with E-state index in [1.807, 2.05) is 0 Å². The van der Waals surface area contributed by atoms with Crippen LogP contribution in [0.15, 0.2) is 27.4 Å². The van der Waals surface area contributed by atoms with Gasteiger partial charge in [-0.2, -0.15) is 0 Å². The Morgan fingerprint density at radius 1 is 1.27 bits per heavy atom. The maximum Gasteiger partial charge on any atom is 0.340 e. The van der Waals surface area contributed by atoms with Crippen LogP contribution in [0.5, 0.6) is 5.75 Å². The van der Waals surface area contributed by atoms with Crippen LogP contribution in [0.4, 0.5) is 0 Å². The first-order valence-corrected chi connectivity index (χ1v) is 9.74. The number of nitrogens with two attached hydrogens (primary N) is 1. The van der Waals surface area contributed by atoms with Gasteiger partial charge >= 0.3 is 5.63 Å². The molecule has 9 nitrogen and oxygen atoms in total. The Morgan fingerprint density at radius 3 is 2.60 bits per heavy atom. The monoisotopic (exact) mass is 415 g/mol. The Balaban J connectivity index is 1.61. The molecule has 0 atom stereocenters. The van der Waals surface area contributed by atoms with Crippen LogP contribution in [0.25, 0.3) is 11.0 Å². The smallest absolute Gasteiger partial charge is 0.340 e. The van der Waals surface area contributed by atoms with Crippen molar-refractivity contribution >= 4 is 28.7 Å². The molecule has 3 rings (SSSR count).